The van der Waals surface area contributed by atoms with Gasteiger partial charge in [-0.3, -0.25) is 9.59 Å². The molecule has 4 aromatic rings. The number of nitrogens with one attached hydrogen (secondary N) is 2. The van der Waals surface area contributed by atoms with Crippen molar-refractivity contribution in [2.24, 2.45) is 5.10 Å². The smallest absolute Gasteiger partial charge is 0.275 e. The van der Waals surface area contributed by atoms with Crippen molar-refractivity contribution in [3.05, 3.63) is 72.3 Å². The number of anilines is 1. The van der Waals surface area contributed by atoms with Gasteiger partial charge in [0.1, 0.15) is 5.75 Å². The molecule has 2 amide bonds. The lowest BCUT2D eigenvalue weighted by molar-refractivity contribution is -0.115. The van der Waals surface area contributed by atoms with Crippen molar-refractivity contribution in [2.75, 3.05) is 5.32 Å². The summed E-state index contributed by atoms with van der Waals surface area (Å²) in [6, 6.07) is 20.3. The molecule has 4 rings (SSSR count). The zero-order valence-corrected chi connectivity index (χ0v) is 17.9. The van der Waals surface area contributed by atoms with E-state index in [1.54, 1.807) is 19.1 Å². The summed E-state index contributed by atoms with van der Waals surface area (Å²) >= 11 is 0. The first kappa shape index (κ1) is 21.1. The average Bonchev–Trinajstić information content (AvgIpc) is 3.10. The van der Waals surface area contributed by atoms with Crippen LogP contribution in [0, 0.1) is 0 Å². The van der Waals surface area contributed by atoms with Gasteiger partial charge in [0.25, 0.3) is 5.91 Å². The standard InChI is InChI=1S/C25H24N4O3/c1-3-29-21-10-6-4-8-18(21)20-15-17(12-13-22(20)29)26-24(31)14-16(2)27-28-25(32)19-9-5-7-11-23(19)30/h4-13,15,30H,3,14H2,1-2H3,(H,26,31)(H,28,32)/b27-16-. The number of hydrazone groups is 1. The number of rotatable bonds is 6. The lowest BCUT2D eigenvalue weighted by Crippen LogP contribution is -2.21. The van der Waals surface area contributed by atoms with E-state index in [2.05, 4.69) is 39.5 Å². The van der Waals surface area contributed by atoms with Crippen molar-refractivity contribution in [2.45, 2.75) is 26.8 Å². The molecule has 0 spiro atoms. The molecule has 0 unspecified atom stereocenters. The molecule has 3 N–H and O–H groups in total. The second-order valence-corrected chi connectivity index (χ2v) is 7.52. The summed E-state index contributed by atoms with van der Waals surface area (Å²) in [5.41, 5.74) is 5.91. The fraction of sp³-hybridized carbons (Fsp3) is 0.160. The fourth-order valence-electron chi connectivity index (χ4n) is 3.82. The minimum absolute atomic E-state index is 0.0236. The number of fused-ring (bicyclic) bond motifs is 3. The number of carbonyl (C=O) groups excluding carboxylic acids is 2. The Morgan fingerprint density at radius 2 is 1.69 bits per heavy atom. The van der Waals surface area contributed by atoms with Crippen LogP contribution >= 0.6 is 0 Å². The number of phenols is 1. The van der Waals surface area contributed by atoms with Crippen molar-refractivity contribution in [1.82, 2.24) is 9.99 Å². The maximum atomic E-state index is 12.5. The Bertz CT molecular complexity index is 1350. The molecular weight excluding hydrogens is 404 g/mol. The van der Waals surface area contributed by atoms with E-state index in [9.17, 15) is 14.7 Å². The minimum Gasteiger partial charge on any atom is -0.507 e. The number of aromatic hydroxyl groups is 1. The van der Waals surface area contributed by atoms with Gasteiger partial charge in [-0.05, 0) is 50.2 Å². The molecular formula is C25H24N4O3. The van der Waals surface area contributed by atoms with Gasteiger partial charge >= 0.3 is 0 Å². The molecule has 0 saturated carbocycles. The highest BCUT2D eigenvalue weighted by atomic mass is 16.3. The summed E-state index contributed by atoms with van der Waals surface area (Å²) in [5.74, 6) is -0.905. The summed E-state index contributed by atoms with van der Waals surface area (Å²) in [6.07, 6.45) is 0.0236. The van der Waals surface area contributed by atoms with E-state index < -0.39 is 5.91 Å². The van der Waals surface area contributed by atoms with Crippen molar-refractivity contribution >= 4 is 45.0 Å². The van der Waals surface area contributed by atoms with Crippen LogP contribution in [0.2, 0.25) is 0 Å². The quantitative estimate of drug-likeness (QED) is 0.308. The number of amides is 2. The Balaban J connectivity index is 1.45. The normalized spacial score (nSPS) is 11.6. The van der Waals surface area contributed by atoms with E-state index in [1.807, 2.05) is 30.3 Å². The van der Waals surface area contributed by atoms with Gasteiger partial charge in [0.2, 0.25) is 5.91 Å². The van der Waals surface area contributed by atoms with Crippen molar-refractivity contribution in [3.63, 3.8) is 0 Å². The highest BCUT2D eigenvalue weighted by Gasteiger charge is 2.12. The minimum atomic E-state index is -0.541. The zero-order valence-electron chi connectivity index (χ0n) is 17.9. The third-order valence-electron chi connectivity index (χ3n) is 5.29. The third-order valence-corrected chi connectivity index (χ3v) is 5.29. The van der Waals surface area contributed by atoms with Crippen LogP contribution in [-0.4, -0.2) is 27.2 Å². The first-order chi connectivity index (χ1) is 15.5. The van der Waals surface area contributed by atoms with Crippen molar-refractivity contribution < 1.29 is 14.7 Å². The molecule has 0 aliphatic rings. The summed E-state index contributed by atoms with van der Waals surface area (Å²) in [4.78, 5) is 24.6. The van der Waals surface area contributed by atoms with Gasteiger partial charge in [-0.15, -0.1) is 0 Å². The van der Waals surface area contributed by atoms with Crippen LogP contribution in [0.15, 0.2) is 71.8 Å². The molecule has 0 aliphatic carbocycles. The monoisotopic (exact) mass is 428 g/mol. The fourth-order valence-corrected chi connectivity index (χ4v) is 3.82. The van der Waals surface area contributed by atoms with Crippen LogP contribution in [0.3, 0.4) is 0 Å². The maximum Gasteiger partial charge on any atom is 0.275 e. The molecule has 0 atom stereocenters. The summed E-state index contributed by atoms with van der Waals surface area (Å²) in [5, 5.41) is 18.8. The Kier molecular flexibility index (Phi) is 5.89. The second kappa shape index (κ2) is 8.93. The van der Waals surface area contributed by atoms with Crippen molar-refractivity contribution in [3.8, 4) is 5.75 Å². The summed E-state index contributed by atoms with van der Waals surface area (Å²) in [6.45, 7) is 4.63. The van der Waals surface area contributed by atoms with E-state index >= 15 is 0 Å². The zero-order chi connectivity index (χ0) is 22.7. The van der Waals surface area contributed by atoms with Gasteiger partial charge in [-0.25, -0.2) is 5.43 Å². The lowest BCUT2D eigenvalue weighted by atomic mass is 10.1. The highest BCUT2D eigenvalue weighted by Crippen LogP contribution is 2.31. The predicted molar refractivity (Wildman–Crippen MR) is 127 cm³/mol. The summed E-state index contributed by atoms with van der Waals surface area (Å²) < 4.78 is 2.25. The van der Waals surface area contributed by atoms with Crippen LogP contribution in [0.25, 0.3) is 21.8 Å². The average molecular weight is 428 g/mol. The molecule has 0 saturated heterocycles. The second-order valence-electron chi connectivity index (χ2n) is 7.52. The molecule has 32 heavy (non-hydrogen) atoms. The number of aromatic nitrogens is 1. The third kappa shape index (κ3) is 4.18. The van der Waals surface area contributed by atoms with Crippen LogP contribution in [-0.2, 0) is 11.3 Å². The van der Waals surface area contributed by atoms with Gasteiger partial charge in [0.05, 0.1) is 12.0 Å². The van der Waals surface area contributed by atoms with E-state index in [4.69, 9.17) is 0 Å². The van der Waals surface area contributed by atoms with Gasteiger partial charge in [-0.2, -0.15) is 5.10 Å². The number of aryl methyl sites for hydroxylation is 1. The van der Waals surface area contributed by atoms with Gasteiger partial charge in [0, 0.05) is 39.7 Å². The molecule has 0 fully saturated rings. The molecule has 7 nitrogen and oxygen atoms in total. The van der Waals surface area contributed by atoms with Gasteiger partial charge in [0.15, 0.2) is 0 Å². The lowest BCUT2D eigenvalue weighted by Gasteiger charge is -2.07. The molecule has 0 radical (unpaired) electrons. The Morgan fingerprint density at radius 3 is 2.47 bits per heavy atom. The molecule has 0 bridgehead atoms. The Morgan fingerprint density at radius 1 is 0.969 bits per heavy atom. The number of hydrogen-bond donors (Lipinski definition) is 3. The number of hydrogen-bond acceptors (Lipinski definition) is 4. The molecule has 162 valence electrons. The Labute approximate surface area is 185 Å². The number of para-hydroxylation sites is 2. The van der Waals surface area contributed by atoms with E-state index in [0.29, 0.717) is 11.4 Å². The van der Waals surface area contributed by atoms with Crippen molar-refractivity contribution in [1.29, 1.82) is 0 Å². The number of benzene rings is 3. The molecule has 7 heteroatoms. The molecule has 0 aliphatic heterocycles. The van der Waals surface area contributed by atoms with Gasteiger partial charge < -0.3 is 15.0 Å². The van der Waals surface area contributed by atoms with Crippen LogP contribution in [0.5, 0.6) is 5.75 Å². The van der Waals surface area contributed by atoms with E-state index in [0.717, 1.165) is 28.4 Å². The topological polar surface area (TPSA) is 95.7 Å². The SMILES string of the molecule is CCn1c2ccccc2c2cc(NC(=O)C/C(C)=N\NC(=O)c3ccccc3O)ccc21. The molecule has 3 aromatic carbocycles. The predicted octanol–water partition coefficient (Wildman–Crippen LogP) is 4.65. The Hall–Kier alpha value is -4.13. The maximum absolute atomic E-state index is 12.5. The number of phenolic OH excluding ortho intramolecular Hbond substituents is 1. The molecule has 1 aromatic heterocycles. The number of carbonyl (C=O) groups is 2. The van der Waals surface area contributed by atoms with Gasteiger partial charge in [-0.1, -0.05) is 30.3 Å². The van der Waals surface area contributed by atoms with Crippen LogP contribution in [0.1, 0.15) is 30.6 Å². The van der Waals surface area contributed by atoms with E-state index in [-0.39, 0.29) is 23.6 Å². The first-order valence-corrected chi connectivity index (χ1v) is 10.4. The highest BCUT2D eigenvalue weighted by molar-refractivity contribution is 6.11. The largest absolute Gasteiger partial charge is 0.507 e. The summed E-state index contributed by atoms with van der Waals surface area (Å²) in [7, 11) is 0. The first-order valence-electron chi connectivity index (χ1n) is 10.4. The van der Waals surface area contributed by atoms with Crippen LogP contribution < -0.4 is 10.7 Å². The van der Waals surface area contributed by atoms with Crippen LogP contribution in [0.4, 0.5) is 5.69 Å². The number of nitrogens with zero attached hydrogens (tertiary/aromatic N) is 2. The van der Waals surface area contributed by atoms with E-state index in [1.165, 1.54) is 12.1 Å². The molecule has 1 heterocycles.